The van der Waals surface area contributed by atoms with Gasteiger partial charge in [-0.2, -0.15) is 0 Å². The quantitative estimate of drug-likeness (QED) is 0.533. The highest BCUT2D eigenvalue weighted by Crippen LogP contribution is 2.37. The van der Waals surface area contributed by atoms with Crippen LogP contribution in [0.1, 0.15) is 12.0 Å². The highest BCUT2D eigenvalue weighted by molar-refractivity contribution is 5.89. The number of pyridine rings is 2. The summed E-state index contributed by atoms with van der Waals surface area (Å²) in [4.78, 5) is 25.4. The molecule has 2 fully saturated rings. The molecule has 2 aromatic heterocycles. The van der Waals surface area contributed by atoms with E-state index in [0.29, 0.717) is 73.2 Å². The monoisotopic (exact) mass is 494 g/mol. The van der Waals surface area contributed by atoms with Crippen molar-refractivity contribution in [1.29, 1.82) is 0 Å². The molecule has 188 valence electrons. The lowest BCUT2D eigenvalue weighted by Crippen LogP contribution is -2.56. The number of piperidine rings is 1. The lowest BCUT2D eigenvalue weighted by atomic mass is 9.91. The van der Waals surface area contributed by atoms with E-state index in [0.717, 1.165) is 18.7 Å². The van der Waals surface area contributed by atoms with Crippen molar-refractivity contribution in [2.24, 2.45) is 5.92 Å². The van der Waals surface area contributed by atoms with Crippen molar-refractivity contribution in [2.45, 2.75) is 18.9 Å². The second-order valence-electron chi connectivity index (χ2n) is 9.27. The van der Waals surface area contributed by atoms with E-state index in [2.05, 4.69) is 14.9 Å². The molecular weight excluding hydrogens is 467 g/mol. The second-order valence-corrected chi connectivity index (χ2v) is 9.27. The summed E-state index contributed by atoms with van der Waals surface area (Å²) >= 11 is 0. The van der Waals surface area contributed by atoms with Crippen LogP contribution in [0, 0.1) is 11.7 Å². The number of benzene rings is 1. The van der Waals surface area contributed by atoms with Crippen LogP contribution in [0.5, 0.6) is 17.4 Å². The molecule has 0 N–H and O–H groups in total. The van der Waals surface area contributed by atoms with Gasteiger partial charge in [0, 0.05) is 43.2 Å². The number of carbonyl (C=O) groups excluding carboxylic acids is 1. The fraction of sp³-hybridized carbons (Fsp3) is 0.423. The number of fused-ring (bicyclic) bond motifs is 3. The summed E-state index contributed by atoms with van der Waals surface area (Å²) in [5.41, 5.74) is 2.41. The van der Waals surface area contributed by atoms with Crippen LogP contribution in [0.15, 0.2) is 36.5 Å². The number of methoxy groups -OCH3 is 1. The lowest BCUT2D eigenvalue weighted by Gasteiger charge is -2.44. The SMILES string of the molecule is COc1ccc2ncc(F)c(CCN3CC[C@@H]4CN(c5ccc6c(c5)OCCO6)C(=O)OC4C3)c2n1. The molecule has 6 rings (SSSR count). The first-order chi connectivity index (χ1) is 17.6. The van der Waals surface area contributed by atoms with Gasteiger partial charge in [-0.25, -0.2) is 14.2 Å². The molecule has 9 nitrogen and oxygen atoms in total. The van der Waals surface area contributed by atoms with Crippen LogP contribution in [0.25, 0.3) is 11.0 Å². The van der Waals surface area contributed by atoms with Crippen molar-refractivity contribution in [2.75, 3.05) is 51.4 Å². The molecule has 2 atom stereocenters. The fourth-order valence-corrected chi connectivity index (χ4v) is 5.19. The Bertz CT molecular complexity index is 1300. The van der Waals surface area contributed by atoms with Gasteiger partial charge in [-0.3, -0.25) is 14.8 Å². The van der Waals surface area contributed by atoms with E-state index in [4.69, 9.17) is 18.9 Å². The van der Waals surface area contributed by atoms with Crippen LogP contribution in [0.2, 0.25) is 0 Å². The van der Waals surface area contributed by atoms with Gasteiger partial charge in [0.1, 0.15) is 25.1 Å². The van der Waals surface area contributed by atoms with Gasteiger partial charge >= 0.3 is 6.09 Å². The van der Waals surface area contributed by atoms with Crippen LogP contribution in [-0.2, 0) is 11.2 Å². The van der Waals surface area contributed by atoms with Gasteiger partial charge in [0.25, 0.3) is 0 Å². The smallest absolute Gasteiger partial charge is 0.414 e. The summed E-state index contributed by atoms with van der Waals surface area (Å²) in [5, 5.41) is 0. The molecule has 0 aliphatic carbocycles. The molecule has 0 spiro atoms. The Kier molecular flexibility index (Phi) is 5.96. The number of rotatable bonds is 5. The maximum Gasteiger partial charge on any atom is 0.414 e. The molecule has 5 heterocycles. The van der Waals surface area contributed by atoms with Gasteiger partial charge in [-0.05, 0) is 37.6 Å². The molecule has 36 heavy (non-hydrogen) atoms. The summed E-state index contributed by atoms with van der Waals surface area (Å²) in [6, 6.07) is 9.03. The minimum Gasteiger partial charge on any atom is -0.486 e. The maximum absolute atomic E-state index is 14.7. The molecule has 3 aliphatic heterocycles. The number of nitrogens with zero attached hydrogens (tertiary/aromatic N) is 4. The van der Waals surface area contributed by atoms with Crippen LogP contribution in [0.4, 0.5) is 14.9 Å². The second kappa shape index (κ2) is 9.42. The summed E-state index contributed by atoms with van der Waals surface area (Å²) in [6.45, 7) is 3.69. The van der Waals surface area contributed by atoms with E-state index < -0.39 is 0 Å². The minimum atomic E-state index is -0.377. The zero-order valence-corrected chi connectivity index (χ0v) is 20.0. The number of hydrogen-bond acceptors (Lipinski definition) is 8. The van der Waals surface area contributed by atoms with Gasteiger partial charge in [-0.15, -0.1) is 0 Å². The van der Waals surface area contributed by atoms with Gasteiger partial charge in [-0.1, -0.05) is 0 Å². The Balaban J connectivity index is 1.12. The third-order valence-electron chi connectivity index (χ3n) is 7.13. The molecule has 3 aromatic rings. The van der Waals surface area contributed by atoms with Crippen molar-refractivity contribution < 1.29 is 28.1 Å². The molecule has 0 saturated carbocycles. The average molecular weight is 495 g/mol. The van der Waals surface area contributed by atoms with Crippen LogP contribution in [0.3, 0.4) is 0 Å². The molecule has 1 unspecified atom stereocenters. The Morgan fingerprint density at radius 2 is 2.00 bits per heavy atom. The van der Waals surface area contributed by atoms with Crippen LogP contribution >= 0.6 is 0 Å². The summed E-state index contributed by atoms with van der Waals surface area (Å²) in [6.07, 6.45) is 2.03. The van der Waals surface area contributed by atoms with E-state index >= 15 is 0 Å². The number of carbonyl (C=O) groups is 1. The zero-order valence-electron chi connectivity index (χ0n) is 20.0. The van der Waals surface area contributed by atoms with Crippen molar-refractivity contribution in [3.63, 3.8) is 0 Å². The minimum absolute atomic E-state index is 0.197. The molecule has 0 radical (unpaired) electrons. The number of hydrogen-bond donors (Lipinski definition) is 0. The molecule has 0 bridgehead atoms. The van der Waals surface area contributed by atoms with E-state index in [-0.39, 0.29) is 23.9 Å². The van der Waals surface area contributed by atoms with Gasteiger partial charge in [0.2, 0.25) is 5.88 Å². The third-order valence-corrected chi connectivity index (χ3v) is 7.13. The first-order valence-electron chi connectivity index (χ1n) is 12.2. The van der Waals surface area contributed by atoms with Crippen molar-refractivity contribution in [3.05, 3.63) is 47.9 Å². The van der Waals surface area contributed by atoms with Crippen molar-refractivity contribution in [3.8, 4) is 17.4 Å². The maximum atomic E-state index is 14.7. The number of aromatic nitrogens is 2. The highest BCUT2D eigenvalue weighted by atomic mass is 19.1. The number of halogens is 1. The van der Waals surface area contributed by atoms with E-state index in [1.54, 1.807) is 17.0 Å². The highest BCUT2D eigenvalue weighted by Gasteiger charge is 2.40. The van der Waals surface area contributed by atoms with E-state index in [1.165, 1.54) is 13.3 Å². The Morgan fingerprint density at radius 1 is 1.14 bits per heavy atom. The third kappa shape index (κ3) is 4.26. The van der Waals surface area contributed by atoms with E-state index in [1.807, 2.05) is 18.2 Å². The summed E-state index contributed by atoms with van der Waals surface area (Å²) in [5.74, 6) is 1.60. The molecule has 3 aliphatic rings. The van der Waals surface area contributed by atoms with E-state index in [9.17, 15) is 9.18 Å². The normalized spacial score (nSPS) is 21.7. The summed E-state index contributed by atoms with van der Waals surface area (Å²) < 4.78 is 37.0. The Labute approximate surface area is 207 Å². The first kappa shape index (κ1) is 22.8. The fourth-order valence-electron chi connectivity index (χ4n) is 5.19. The standard InChI is InChI=1S/C26H27FN4O5/c1-33-24-5-3-20-25(29-24)18(19(27)13-28-20)7-9-30-8-6-16-14-31(26(32)36-23(16)15-30)17-2-4-21-22(12-17)35-11-10-34-21/h2-5,12-13,16,23H,6-11,14-15H2,1H3/t16-,23?/m1/s1. The van der Waals surface area contributed by atoms with Crippen LogP contribution < -0.4 is 19.1 Å². The molecular formula is C26H27FN4O5. The lowest BCUT2D eigenvalue weighted by molar-refractivity contribution is -0.00650. The Morgan fingerprint density at radius 3 is 2.86 bits per heavy atom. The first-order valence-corrected chi connectivity index (χ1v) is 12.2. The van der Waals surface area contributed by atoms with Gasteiger partial charge in [0.05, 0.1) is 30.0 Å². The van der Waals surface area contributed by atoms with Crippen molar-refractivity contribution >= 4 is 22.8 Å². The number of anilines is 1. The predicted octanol–water partition coefficient (Wildman–Crippen LogP) is 3.44. The topological polar surface area (TPSA) is 86.2 Å². The number of likely N-dealkylation sites (tertiary alicyclic amines) is 1. The molecule has 10 heteroatoms. The number of amides is 1. The molecule has 2 saturated heterocycles. The average Bonchev–Trinajstić information content (AvgIpc) is 2.91. The summed E-state index contributed by atoms with van der Waals surface area (Å²) in [7, 11) is 1.53. The predicted molar refractivity (Wildman–Crippen MR) is 129 cm³/mol. The van der Waals surface area contributed by atoms with Crippen LogP contribution in [-0.4, -0.2) is 73.6 Å². The largest absolute Gasteiger partial charge is 0.486 e. The van der Waals surface area contributed by atoms with Crippen molar-refractivity contribution in [1.82, 2.24) is 14.9 Å². The Hall–Kier alpha value is -3.66. The van der Waals surface area contributed by atoms with Gasteiger partial charge in [0.15, 0.2) is 11.5 Å². The zero-order chi connectivity index (χ0) is 24.6. The van der Waals surface area contributed by atoms with Gasteiger partial charge < -0.3 is 18.9 Å². The number of ether oxygens (including phenoxy) is 4. The molecule has 1 aromatic carbocycles. The molecule has 1 amide bonds.